The summed E-state index contributed by atoms with van der Waals surface area (Å²) in [6, 6.07) is 0.0367. The van der Waals surface area contributed by atoms with Gasteiger partial charge in [-0.2, -0.15) is 0 Å². The fourth-order valence-electron chi connectivity index (χ4n) is 2.09. The Balaban J connectivity index is 0.00000180. The maximum atomic E-state index is 6.09. The van der Waals surface area contributed by atoms with Crippen molar-refractivity contribution in [1.82, 2.24) is 14.5 Å². The molecule has 1 aromatic rings. The minimum absolute atomic E-state index is 0. The maximum absolute atomic E-state index is 6.09. The zero-order valence-corrected chi connectivity index (χ0v) is 12.6. The monoisotopic (exact) mass is 288 g/mol. The highest BCUT2D eigenvalue weighted by Crippen LogP contribution is 2.16. The lowest BCUT2D eigenvalue weighted by Gasteiger charge is -2.26. The molecule has 1 saturated heterocycles. The number of nitrogens with zero attached hydrogens (tertiary/aromatic N) is 3. The van der Waals surface area contributed by atoms with E-state index in [4.69, 9.17) is 10.5 Å². The number of aromatic nitrogens is 2. The molecule has 0 amide bonds. The molecule has 0 radical (unpaired) electrons. The topological polar surface area (TPSA) is 56.3 Å². The Morgan fingerprint density at radius 1 is 1.32 bits per heavy atom. The summed E-state index contributed by atoms with van der Waals surface area (Å²) in [7, 11) is 0. The number of hydrogen-bond donors (Lipinski definition) is 1. The van der Waals surface area contributed by atoms with E-state index >= 15 is 0 Å². The number of ether oxygens (including phenoxy) is 1. The molecular formula is C13H25ClN4O. The third kappa shape index (κ3) is 4.76. The van der Waals surface area contributed by atoms with Crippen molar-refractivity contribution in [3.8, 4) is 0 Å². The summed E-state index contributed by atoms with van der Waals surface area (Å²) in [6.45, 7) is 10.0. The van der Waals surface area contributed by atoms with Gasteiger partial charge in [-0.3, -0.25) is 4.90 Å². The van der Waals surface area contributed by atoms with Crippen molar-refractivity contribution >= 4 is 12.4 Å². The maximum Gasteiger partial charge on any atom is 0.0950 e. The van der Waals surface area contributed by atoms with Gasteiger partial charge in [-0.05, 0) is 5.92 Å². The van der Waals surface area contributed by atoms with E-state index in [0.29, 0.717) is 5.92 Å². The predicted octanol–water partition coefficient (Wildman–Crippen LogP) is 1.29. The van der Waals surface area contributed by atoms with E-state index in [9.17, 15) is 0 Å². The number of halogens is 1. The quantitative estimate of drug-likeness (QED) is 0.887. The van der Waals surface area contributed by atoms with Crippen molar-refractivity contribution < 1.29 is 4.74 Å². The van der Waals surface area contributed by atoms with Gasteiger partial charge in [0.2, 0.25) is 0 Å². The summed E-state index contributed by atoms with van der Waals surface area (Å²) in [6.07, 6.45) is 3.96. The van der Waals surface area contributed by atoms with Gasteiger partial charge in [-0.15, -0.1) is 12.4 Å². The van der Waals surface area contributed by atoms with E-state index in [2.05, 4.69) is 34.5 Å². The Morgan fingerprint density at radius 2 is 2.00 bits per heavy atom. The molecule has 1 atom stereocenters. The summed E-state index contributed by atoms with van der Waals surface area (Å²) >= 11 is 0. The van der Waals surface area contributed by atoms with Gasteiger partial charge in [0.15, 0.2) is 0 Å². The fraction of sp³-hybridized carbons (Fsp3) is 0.769. The molecule has 0 saturated carbocycles. The number of rotatable bonds is 5. The molecule has 19 heavy (non-hydrogen) atoms. The number of nitrogens with two attached hydrogens (primary N) is 1. The molecule has 2 heterocycles. The van der Waals surface area contributed by atoms with Crippen molar-refractivity contribution in [3.63, 3.8) is 0 Å². The van der Waals surface area contributed by atoms with Gasteiger partial charge < -0.3 is 15.0 Å². The van der Waals surface area contributed by atoms with E-state index < -0.39 is 0 Å². The van der Waals surface area contributed by atoms with Crippen LogP contribution in [-0.4, -0.2) is 47.3 Å². The summed E-state index contributed by atoms with van der Waals surface area (Å²) in [5.74, 6) is 0.424. The molecule has 1 fully saturated rings. The lowest BCUT2D eigenvalue weighted by Crippen LogP contribution is -2.38. The Kier molecular flexibility index (Phi) is 6.79. The molecule has 0 aromatic carbocycles. The highest BCUT2D eigenvalue weighted by Gasteiger charge is 2.14. The van der Waals surface area contributed by atoms with E-state index in [1.807, 2.05) is 6.33 Å². The van der Waals surface area contributed by atoms with Crippen LogP contribution >= 0.6 is 12.4 Å². The first kappa shape index (κ1) is 16.4. The molecule has 6 heteroatoms. The highest BCUT2D eigenvalue weighted by molar-refractivity contribution is 5.85. The fourth-order valence-corrected chi connectivity index (χ4v) is 2.09. The third-order valence-corrected chi connectivity index (χ3v) is 3.49. The van der Waals surface area contributed by atoms with Crippen LogP contribution in [0.1, 0.15) is 25.6 Å². The van der Waals surface area contributed by atoms with E-state index in [1.165, 1.54) is 0 Å². The summed E-state index contributed by atoms with van der Waals surface area (Å²) < 4.78 is 7.47. The Morgan fingerprint density at radius 3 is 2.63 bits per heavy atom. The first-order valence-corrected chi connectivity index (χ1v) is 6.74. The molecular weight excluding hydrogens is 264 g/mol. The second-order valence-electron chi connectivity index (χ2n) is 5.26. The van der Waals surface area contributed by atoms with Crippen LogP contribution in [0.5, 0.6) is 0 Å². The first-order valence-electron chi connectivity index (χ1n) is 6.74. The van der Waals surface area contributed by atoms with Crippen molar-refractivity contribution in [3.05, 3.63) is 18.2 Å². The van der Waals surface area contributed by atoms with Crippen LogP contribution < -0.4 is 5.73 Å². The smallest absolute Gasteiger partial charge is 0.0950 e. The molecule has 0 aliphatic carbocycles. The Labute approximate surface area is 121 Å². The normalized spacial score (nSPS) is 18.3. The Hall–Kier alpha value is -0.620. The average molecular weight is 289 g/mol. The highest BCUT2D eigenvalue weighted by atomic mass is 35.5. The van der Waals surface area contributed by atoms with Gasteiger partial charge in [0.05, 0.1) is 31.3 Å². The van der Waals surface area contributed by atoms with Crippen LogP contribution in [0.25, 0.3) is 0 Å². The zero-order chi connectivity index (χ0) is 13.0. The van der Waals surface area contributed by atoms with Crippen molar-refractivity contribution in [2.45, 2.75) is 26.4 Å². The number of morpholine rings is 1. The lowest BCUT2D eigenvalue weighted by molar-refractivity contribution is 0.0364. The predicted molar refractivity (Wildman–Crippen MR) is 78.5 cm³/mol. The van der Waals surface area contributed by atoms with Crippen molar-refractivity contribution in [1.29, 1.82) is 0 Å². The molecule has 5 nitrogen and oxygen atoms in total. The average Bonchev–Trinajstić information content (AvgIpc) is 2.85. The van der Waals surface area contributed by atoms with E-state index in [-0.39, 0.29) is 18.4 Å². The molecule has 1 aliphatic heterocycles. The second-order valence-corrected chi connectivity index (χ2v) is 5.26. The molecule has 0 bridgehead atoms. The first-order chi connectivity index (χ1) is 8.66. The molecule has 0 spiro atoms. The lowest BCUT2D eigenvalue weighted by atomic mass is 10.0. The van der Waals surface area contributed by atoms with Gasteiger partial charge >= 0.3 is 0 Å². The van der Waals surface area contributed by atoms with Crippen molar-refractivity contribution in [2.75, 3.05) is 32.8 Å². The minimum Gasteiger partial charge on any atom is -0.379 e. The summed E-state index contributed by atoms with van der Waals surface area (Å²) in [5, 5.41) is 0. The number of hydrogen-bond acceptors (Lipinski definition) is 4. The van der Waals surface area contributed by atoms with Gasteiger partial charge in [0, 0.05) is 32.4 Å². The minimum atomic E-state index is 0. The molecule has 2 rings (SSSR count). The molecule has 1 aliphatic rings. The molecule has 0 unspecified atom stereocenters. The summed E-state index contributed by atoms with van der Waals surface area (Å²) in [5.41, 5.74) is 7.08. The largest absolute Gasteiger partial charge is 0.379 e. The number of imidazole rings is 1. The second kappa shape index (κ2) is 7.85. The molecule has 2 N–H and O–H groups in total. The van der Waals surface area contributed by atoms with Crippen LogP contribution in [0.4, 0.5) is 0 Å². The van der Waals surface area contributed by atoms with Gasteiger partial charge in [-0.25, -0.2) is 4.98 Å². The van der Waals surface area contributed by atoms with E-state index in [1.54, 1.807) is 0 Å². The van der Waals surface area contributed by atoms with Gasteiger partial charge in [0.25, 0.3) is 0 Å². The van der Waals surface area contributed by atoms with Gasteiger partial charge in [-0.1, -0.05) is 13.8 Å². The Bertz CT molecular complexity index is 363. The SMILES string of the molecule is CC(C)[C@H](N)c1cn(CCN2CCOCC2)cn1.Cl. The third-order valence-electron chi connectivity index (χ3n) is 3.49. The molecule has 1 aromatic heterocycles. The van der Waals surface area contributed by atoms with E-state index in [0.717, 1.165) is 45.1 Å². The summed E-state index contributed by atoms with van der Waals surface area (Å²) in [4.78, 5) is 6.82. The van der Waals surface area contributed by atoms with Crippen LogP contribution in [0.2, 0.25) is 0 Å². The zero-order valence-electron chi connectivity index (χ0n) is 11.8. The van der Waals surface area contributed by atoms with Crippen LogP contribution in [-0.2, 0) is 11.3 Å². The van der Waals surface area contributed by atoms with Crippen LogP contribution in [0, 0.1) is 5.92 Å². The molecule has 110 valence electrons. The van der Waals surface area contributed by atoms with Gasteiger partial charge in [0.1, 0.15) is 0 Å². The standard InChI is InChI=1S/C13H24N4O.ClH/c1-11(2)13(14)12-9-17(10-15-12)4-3-16-5-7-18-8-6-16;/h9-11,13H,3-8,14H2,1-2H3;1H/t13-;/m0./s1. The van der Waals surface area contributed by atoms with Crippen LogP contribution in [0.15, 0.2) is 12.5 Å². The van der Waals surface area contributed by atoms with Crippen LogP contribution in [0.3, 0.4) is 0 Å². The van der Waals surface area contributed by atoms with Crippen molar-refractivity contribution in [2.24, 2.45) is 11.7 Å².